The molecule has 2 heterocycles. The predicted molar refractivity (Wildman–Crippen MR) is 80.7 cm³/mol. The average Bonchev–Trinajstić information content (AvgIpc) is 2.90. The lowest BCUT2D eigenvalue weighted by molar-refractivity contribution is -0.118. The normalized spacial score (nSPS) is 22.4. The topological polar surface area (TPSA) is 44.4 Å². The van der Waals surface area contributed by atoms with E-state index in [1.165, 1.54) is 12.0 Å². The first-order chi connectivity index (χ1) is 9.84. The van der Waals surface area contributed by atoms with E-state index in [2.05, 4.69) is 22.8 Å². The third-order valence-electron chi connectivity index (χ3n) is 4.34. The molecule has 1 atom stereocenters. The summed E-state index contributed by atoms with van der Waals surface area (Å²) in [6.45, 7) is 4.68. The Labute approximate surface area is 120 Å². The zero-order chi connectivity index (χ0) is 13.8. The highest BCUT2D eigenvalue weighted by atomic mass is 16.2. The molecular formula is C16H23N3O. The molecule has 4 nitrogen and oxygen atoms in total. The highest BCUT2D eigenvalue weighted by Gasteiger charge is 2.22. The van der Waals surface area contributed by atoms with Crippen LogP contribution in [0, 0.1) is 5.92 Å². The molecule has 1 unspecified atom stereocenters. The second-order valence-electron chi connectivity index (χ2n) is 5.75. The minimum Gasteiger partial charge on any atom is -0.316 e. The summed E-state index contributed by atoms with van der Waals surface area (Å²) in [6.07, 6.45) is 2.89. The first kappa shape index (κ1) is 13.6. The number of benzene rings is 1. The van der Waals surface area contributed by atoms with Crippen molar-refractivity contribution in [1.82, 2.24) is 10.6 Å². The average molecular weight is 273 g/mol. The van der Waals surface area contributed by atoms with Gasteiger partial charge in [-0.05, 0) is 43.5 Å². The van der Waals surface area contributed by atoms with Crippen LogP contribution in [0.5, 0.6) is 0 Å². The van der Waals surface area contributed by atoms with Crippen LogP contribution >= 0.6 is 0 Å². The maximum atomic E-state index is 12.5. The van der Waals surface area contributed by atoms with Crippen LogP contribution in [0.25, 0.3) is 0 Å². The Kier molecular flexibility index (Phi) is 4.33. The van der Waals surface area contributed by atoms with E-state index in [1.54, 1.807) is 0 Å². The van der Waals surface area contributed by atoms with Crippen molar-refractivity contribution in [3.63, 3.8) is 0 Å². The minimum absolute atomic E-state index is 0.271. The summed E-state index contributed by atoms with van der Waals surface area (Å²) < 4.78 is 0. The smallest absolute Gasteiger partial charge is 0.227 e. The molecule has 1 amide bonds. The number of fused-ring (bicyclic) bond motifs is 1. The van der Waals surface area contributed by atoms with Gasteiger partial charge in [-0.3, -0.25) is 4.79 Å². The van der Waals surface area contributed by atoms with Crippen molar-refractivity contribution in [2.45, 2.75) is 25.8 Å². The highest BCUT2D eigenvalue weighted by molar-refractivity contribution is 5.94. The van der Waals surface area contributed by atoms with Crippen LogP contribution in [-0.4, -0.2) is 32.1 Å². The fourth-order valence-electron chi connectivity index (χ4n) is 3.14. The lowest BCUT2D eigenvalue weighted by Crippen LogP contribution is -2.34. The quantitative estimate of drug-likeness (QED) is 0.877. The number of amides is 1. The maximum absolute atomic E-state index is 12.5. The molecule has 1 saturated heterocycles. The number of nitrogens with one attached hydrogen (secondary N) is 2. The summed E-state index contributed by atoms with van der Waals surface area (Å²) >= 11 is 0. The van der Waals surface area contributed by atoms with Crippen molar-refractivity contribution in [2.24, 2.45) is 5.92 Å². The molecule has 2 N–H and O–H groups in total. The molecule has 1 aromatic rings. The molecule has 4 heteroatoms. The largest absolute Gasteiger partial charge is 0.316 e. The molecule has 2 aliphatic rings. The van der Waals surface area contributed by atoms with Gasteiger partial charge in [0.1, 0.15) is 0 Å². The van der Waals surface area contributed by atoms with Crippen molar-refractivity contribution in [1.29, 1.82) is 0 Å². The van der Waals surface area contributed by atoms with Gasteiger partial charge in [0.2, 0.25) is 5.91 Å². The Morgan fingerprint density at radius 2 is 2.15 bits per heavy atom. The van der Waals surface area contributed by atoms with Crippen molar-refractivity contribution in [2.75, 3.05) is 31.1 Å². The standard InChI is InChI=1S/C16H23N3O/c20-16(6-5-13-7-8-17-11-13)19-10-9-18-12-14-3-1-2-4-15(14)19/h1-4,13,17-18H,5-12H2. The maximum Gasteiger partial charge on any atom is 0.227 e. The van der Waals surface area contributed by atoms with Crippen LogP contribution in [0.4, 0.5) is 5.69 Å². The molecule has 1 fully saturated rings. The van der Waals surface area contributed by atoms with Crippen LogP contribution in [-0.2, 0) is 11.3 Å². The first-order valence-electron chi connectivity index (χ1n) is 7.64. The van der Waals surface area contributed by atoms with Crippen LogP contribution in [0.15, 0.2) is 24.3 Å². The van der Waals surface area contributed by atoms with Crippen molar-refractivity contribution in [3.8, 4) is 0 Å². The van der Waals surface area contributed by atoms with E-state index >= 15 is 0 Å². The Morgan fingerprint density at radius 3 is 3.00 bits per heavy atom. The molecule has 0 aliphatic carbocycles. The zero-order valence-electron chi connectivity index (χ0n) is 11.9. The molecule has 1 aromatic carbocycles. The Bertz CT molecular complexity index is 469. The van der Waals surface area contributed by atoms with Crippen molar-refractivity contribution in [3.05, 3.63) is 29.8 Å². The van der Waals surface area contributed by atoms with Gasteiger partial charge in [-0.2, -0.15) is 0 Å². The van der Waals surface area contributed by atoms with E-state index in [0.717, 1.165) is 44.8 Å². The van der Waals surface area contributed by atoms with Crippen LogP contribution in [0.1, 0.15) is 24.8 Å². The van der Waals surface area contributed by atoms with Gasteiger partial charge in [0, 0.05) is 31.7 Å². The highest BCUT2D eigenvalue weighted by Crippen LogP contribution is 2.24. The van der Waals surface area contributed by atoms with Gasteiger partial charge in [0.25, 0.3) is 0 Å². The molecular weight excluding hydrogens is 250 g/mol. The van der Waals surface area contributed by atoms with E-state index in [9.17, 15) is 4.79 Å². The fourth-order valence-corrected chi connectivity index (χ4v) is 3.14. The number of nitrogens with zero attached hydrogens (tertiary/aromatic N) is 1. The van der Waals surface area contributed by atoms with E-state index < -0.39 is 0 Å². The number of rotatable bonds is 3. The van der Waals surface area contributed by atoms with Gasteiger partial charge < -0.3 is 15.5 Å². The van der Waals surface area contributed by atoms with Gasteiger partial charge in [0.15, 0.2) is 0 Å². The minimum atomic E-state index is 0.271. The Hall–Kier alpha value is -1.39. The second-order valence-corrected chi connectivity index (χ2v) is 5.75. The SMILES string of the molecule is O=C(CCC1CCNC1)N1CCNCc2ccccc21. The number of carbonyl (C=O) groups excluding carboxylic acids is 1. The van der Waals surface area contributed by atoms with Gasteiger partial charge >= 0.3 is 0 Å². The molecule has 2 aliphatic heterocycles. The summed E-state index contributed by atoms with van der Waals surface area (Å²) in [4.78, 5) is 14.5. The van der Waals surface area contributed by atoms with Gasteiger partial charge in [-0.15, -0.1) is 0 Å². The summed E-state index contributed by atoms with van der Waals surface area (Å²) in [5.74, 6) is 0.951. The predicted octanol–water partition coefficient (Wildman–Crippen LogP) is 1.51. The second kappa shape index (κ2) is 6.37. The van der Waals surface area contributed by atoms with Crippen LogP contribution in [0.2, 0.25) is 0 Å². The molecule has 108 valence electrons. The van der Waals surface area contributed by atoms with E-state index in [4.69, 9.17) is 0 Å². The summed E-state index contributed by atoms with van der Waals surface area (Å²) in [5, 5.41) is 6.75. The van der Waals surface area contributed by atoms with E-state index in [1.807, 2.05) is 17.0 Å². The summed E-state index contributed by atoms with van der Waals surface area (Å²) in [5.41, 5.74) is 2.31. The monoisotopic (exact) mass is 273 g/mol. The number of hydrogen-bond donors (Lipinski definition) is 2. The fraction of sp³-hybridized carbons (Fsp3) is 0.562. The number of carbonyl (C=O) groups is 1. The van der Waals surface area contributed by atoms with E-state index in [-0.39, 0.29) is 5.91 Å². The molecule has 20 heavy (non-hydrogen) atoms. The van der Waals surface area contributed by atoms with Crippen molar-refractivity contribution >= 4 is 11.6 Å². The number of anilines is 1. The summed E-state index contributed by atoms with van der Waals surface area (Å²) in [7, 11) is 0. The lowest BCUT2D eigenvalue weighted by Gasteiger charge is -2.23. The van der Waals surface area contributed by atoms with Gasteiger partial charge in [0.05, 0.1) is 0 Å². The molecule has 0 aromatic heterocycles. The molecule has 3 rings (SSSR count). The zero-order valence-corrected chi connectivity index (χ0v) is 11.9. The van der Waals surface area contributed by atoms with Crippen LogP contribution < -0.4 is 15.5 Å². The lowest BCUT2D eigenvalue weighted by atomic mass is 10.0. The van der Waals surface area contributed by atoms with Crippen LogP contribution in [0.3, 0.4) is 0 Å². The first-order valence-corrected chi connectivity index (χ1v) is 7.64. The third-order valence-corrected chi connectivity index (χ3v) is 4.34. The molecule has 0 saturated carbocycles. The summed E-state index contributed by atoms with van der Waals surface area (Å²) in [6, 6.07) is 8.23. The van der Waals surface area contributed by atoms with Gasteiger partial charge in [-0.25, -0.2) is 0 Å². The molecule has 0 bridgehead atoms. The van der Waals surface area contributed by atoms with Gasteiger partial charge in [-0.1, -0.05) is 18.2 Å². The third kappa shape index (κ3) is 3.02. The van der Waals surface area contributed by atoms with Crippen molar-refractivity contribution < 1.29 is 4.79 Å². The molecule has 0 spiro atoms. The Balaban J connectivity index is 1.67. The number of para-hydroxylation sites is 1. The number of hydrogen-bond acceptors (Lipinski definition) is 3. The molecule has 0 radical (unpaired) electrons. The van der Waals surface area contributed by atoms with E-state index in [0.29, 0.717) is 12.3 Å². The Morgan fingerprint density at radius 1 is 1.25 bits per heavy atom.